The van der Waals surface area contributed by atoms with Gasteiger partial charge in [-0.25, -0.2) is 8.78 Å². The maximum absolute atomic E-state index is 13.8. The third-order valence-corrected chi connectivity index (χ3v) is 4.93. The fraction of sp³-hybridized carbons (Fsp3) is 0.438. The Labute approximate surface area is 136 Å². The van der Waals surface area contributed by atoms with Crippen molar-refractivity contribution in [3.63, 3.8) is 0 Å². The Kier molecular flexibility index (Phi) is 3.77. The Bertz CT molecular complexity index is 739. The Balaban J connectivity index is 1.85. The van der Waals surface area contributed by atoms with Gasteiger partial charge in [0.2, 0.25) is 5.91 Å². The fourth-order valence-corrected chi connectivity index (χ4v) is 3.60. The number of carbonyl (C=O) groups is 3. The molecule has 2 aliphatic heterocycles. The largest absolute Gasteiger partial charge is 0.481 e. The summed E-state index contributed by atoms with van der Waals surface area (Å²) in [5, 5.41) is 9.64. The van der Waals surface area contributed by atoms with Gasteiger partial charge in [0.15, 0.2) is 0 Å². The van der Waals surface area contributed by atoms with Crippen molar-refractivity contribution < 1.29 is 28.3 Å². The van der Waals surface area contributed by atoms with Crippen molar-refractivity contribution >= 4 is 17.8 Å². The molecule has 0 aliphatic carbocycles. The SMILES string of the molecule is CC(=O)N1C[C@H]2CN(C(=O)c3ccc(F)cc3F)C[C@@]2(C(=O)O)C1. The Hall–Kier alpha value is -2.51. The first kappa shape index (κ1) is 16.4. The number of aliphatic carboxylic acids is 1. The highest BCUT2D eigenvalue weighted by Gasteiger charge is 2.59. The average molecular weight is 338 g/mol. The molecule has 1 aromatic rings. The summed E-state index contributed by atoms with van der Waals surface area (Å²) in [7, 11) is 0. The van der Waals surface area contributed by atoms with Crippen LogP contribution in [0.3, 0.4) is 0 Å². The molecule has 128 valence electrons. The molecular weight excluding hydrogens is 322 g/mol. The number of benzene rings is 1. The Morgan fingerprint density at radius 1 is 1.17 bits per heavy atom. The van der Waals surface area contributed by atoms with Gasteiger partial charge >= 0.3 is 5.97 Å². The molecule has 2 saturated heterocycles. The van der Waals surface area contributed by atoms with E-state index in [1.165, 1.54) is 16.7 Å². The molecule has 2 heterocycles. The molecule has 6 nitrogen and oxygen atoms in total. The molecule has 0 saturated carbocycles. The van der Waals surface area contributed by atoms with E-state index >= 15 is 0 Å². The lowest BCUT2D eigenvalue weighted by molar-refractivity contribution is -0.149. The molecule has 0 bridgehead atoms. The number of nitrogens with zero attached hydrogens (tertiary/aromatic N) is 2. The lowest BCUT2D eigenvalue weighted by Gasteiger charge is -2.25. The van der Waals surface area contributed by atoms with E-state index in [0.29, 0.717) is 6.07 Å². The van der Waals surface area contributed by atoms with Crippen LogP contribution >= 0.6 is 0 Å². The van der Waals surface area contributed by atoms with E-state index in [1.54, 1.807) is 0 Å². The maximum atomic E-state index is 13.8. The summed E-state index contributed by atoms with van der Waals surface area (Å²) in [5.74, 6) is -4.14. The van der Waals surface area contributed by atoms with Gasteiger partial charge in [0.1, 0.15) is 17.0 Å². The number of fused-ring (bicyclic) bond motifs is 1. The first-order valence-electron chi connectivity index (χ1n) is 7.48. The number of rotatable bonds is 2. The van der Waals surface area contributed by atoms with Gasteiger partial charge in [0.05, 0.1) is 5.56 Å². The van der Waals surface area contributed by atoms with Crippen LogP contribution in [0, 0.1) is 23.0 Å². The normalized spacial score (nSPS) is 25.7. The molecular formula is C16H16F2N2O4. The number of amides is 2. The van der Waals surface area contributed by atoms with E-state index in [4.69, 9.17) is 0 Å². The quantitative estimate of drug-likeness (QED) is 0.872. The third kappa shape index (κ3) is 2.42. The maximum Gasteiger partial charge on any atom is 0.313 e. The third-order valence-electron chi connectivity index (χ3n) is 4.93. The number of carboxylic acid groups (broad SMARTS) is 1. The van der Waals surface area contributed by atoms with Crippen LogP contribution in [-0.2, 0) is 9.59 Å². The van der Waals surface area contributed by atoms with E-state index in [2.05, 4.69) is 0 Å². The van der Waals surface area contributed by atoms with Gasteiger partial charge in [-0.3, -0.25) is 14.4 Å². The molecule has 0 spiro atoms. The van der Waals surface area contributed by atoms with Crippen LogP contribution < -0.4 is 0 Å². The lowest BCUT2D eigenvalue weighted by Crippen LogP contribution is -2.42. The molecule has 0 unspecified atom stereocenters. The lowest BCUT2D eigenvalue weighted by atomic mass is 9.81. The molecule has 2 atom stereocenters. The minimum Gasteiger partial charge on any atom is -0.481 e. The zero-order valence-corrected chi connectivity index (χ0v) is 13.0. The van der Waals surface area contributed by atoms with E-state index in [0.717, 1.165) is 12.1 Å². The predicted molar refractivity (Wildman–Crippen MR) is 78.1 cm³/mol. The molecule has 2 fully saturated rings. The van der Waals surface area contributed by atoms with Crippen LogP contribution in [0.25, 0.3) is 0 Å². The van der Waals surface area contributed by atoms with Crippen LogP contribution in [0.2, 0.25) is 0 Å². The number of halogens is 2. The van der Waals surface area contributed by atoms with Crippen molar-refractivity contribution in [2.75, 3.05) is 26.2 Å². The van der Waals surface area contributed by atoms with Gasteiger partial charge in [-0.15, -0.1) is 0 Å². The number of carboxylic acids is 1. The van der Waals surface area contributed by atoms with Gasteiger partial charge in [-0.2, -0.15) is 0 Å². The summed E-state index contributed by atoms with van der Waals surface area (Å²) in [5.41, 5.74) is -1.53. The monoisotopic (exact) mass is 338 g/mol. The van der Waals surface area contributed by atoms with Gasteiger partial charge < -0.3 is 14.9 Å². The van der Waals surface area contributed by atoms with Crippen LogP contribution in [0.5, 0.6) is 0 Å². The number of likely N-dealkylation sites (tertiary alicyclic amines) is 2. The minimum absolute atomic E-state index is 0.0258. The van der Waals surface area contributed by atoms with Crippen LogP contribution in [-0.4, -0.2) is 58.9 Å². The summed E-state index contributed by atoms with van der Waals surface area (Å²) < 4.78 is 26.8. The van der Waals surface area contributed by atoms with Crippen molar-refractivity contribution in [2.24, 2.45) is 11.3 Å². The van der Waals surface area contributed by atoms with Crippen molar-refractivity contribution in [3.05, 3.63) is 35.4 Å². The highest BCUT2D eigenvalue weighted by atomic mass is 19.1. The summed E-state index contributed by atoms with van der Waals surface area (Å²) >= 11 is 0. The predicted octanol–water partition coefficient (Wildman–Crippen LogP) is 0.970. The second-order valence-electron chi connectivity index (χ2n) is 6.37. The highest BCUT2D eigenvalue weighted by molar-refractivity contribution is 5.95. The molecule has 3 rings (SSSR count). The summed E-state index contributed by atoms with van der Waals surface area (Å²) in [6, 6.07) is 2.66. The topological polar surface area (TPSA) is 77.9 Å². The standard InChI is InChI=1S/C16H16F2N2O4/c1-9(21)19-5-10-6-20(8-16(10,7-19)15(23)24)14(22)12-3-2-11(17)4-13(12)18/h2-4,10H,5-8H2,1H3,(H,23,24)/t10-,16-/m0/s1. The van der Waals surface area contributed by atoms with Gasteiger partial charge in [-0.1, -0.05) is 0 Å². The van der Waals surface area contributed by atoms with Gasteiger partial charge in [-0.05, 0) is 12.1 Å². The average Bonchev–Trinajstić information content (AvgIpc) is 3.01. The smallest absolute Gasteiger partial charge is 0.313 e. The first-order chi connectivity index (χ1) is 11.2. The molecule has 2 amide bonds. The number of hydrogen-bond acceptors (Lipinski definition) is 3. The molecule has 1 N–H and O–H groups in total. The van der Waals surface area contributed by atoms with Crippen molar-refractivity contribution in [3.8, 4) is 0 Å². The van der Waals surface area contributed by atoms with Crippen molar-refractivity contribution in [1.82, 2.24) is 9.80 Å². The Morgan fingerprint density at radius 3 is 2.33 bits per heavy atom. The summed E-state index contributed by atoms with van der Waals surface area (Å²) in [4.78, 5) is 38.5. The molecule has 0 radical (unpaired) electrons. The molecule has 8 heteroatoms. The molecule has 2 aliphatic rings. The second-order valence-corrected chi connectivity index (χ2v) is 6.37. The van der Waals surface area contributed by atoms with E-state index in [1.807, 2.05) is 0 Å². The van der Waals surface area contributed by atoms with Crippen LogP contribution in [0.4, 0.5) is 8.78 Å². The zero-order chi connectivity index (χ0) is 17.6. The van der Waals surface area contributed by atoms with Crippen molar-refractivity contribution in [2.45, 2.75) is 6.92 Å². The zero-order valence-electron chi connectivity index (χ0n) is 13.0. The van der Waals surface area contributed by atoms with Crippen LogP contribution in [0.15, 0.2) is 18.2 Å². The summed E-state index contributed by atoms with van der Waals surface area (Å²) in [6.45, 7) is 1.65. The summed E-state index contributed by atoms with van der Waals surface area (Å²) in [6.07, 6.45) is 0. The second kappa shape index (κ2) is 5.54. The van der Waals surface area contributed by atoms with Gasteiger partial charge in [0, 0.05) is 45.1 Å². The fourth-order valence-electron chi connectivity index (χ4n) is 3.60. The van der Waals surface area contributed by atoms with E-state index in [9.17, 15) is 28.3 Å². The number of hydrogen-bond donors (Lipinski definition) is 1. The Morgan fingerprint density at radius 2 is 1.79 bits per heavy atom. The van der Waals surface area contributed by atoms with E-state index < -0.39 is 34.8 Å². The van der Waals surface area contributed by atoms with E-state index in [-0.39, 0.29) is 37.6 Å². The van der Waals surface area contributed by atoms with Crippen LogP contribution in [0.1, 0.15) is 17.3 Å². The van der Waals surface area contributed by atoms with Crippen molar-refractivity contribution in [1.29, 1.82) is 0 Å². The first-order valence-corrected chi connectivity index (χ1v) is 7.48. The highest BCUT2D eigenvalue weighted by Crippen LogP contribution is 2.43. The minimum atomic E-state index is -1.24. The molecule has 24 heavy (non-hydrogen) atoms. The molecule has 0 aromatic heterocycles. The van der Waals surface area contributed by atoms with Gasteiger partial charge in [0.25, 0.3) is 5.91 Å². The molecule has 1 aromatic carbocycles. The number of carbonyl (C=O) groups excluding carboxylic acids is 2.